The average molecular weight is 347 g/mol. The molecule has 1 heterocycles. The Bertz CT molecular complexity index is 790. The van der Waals surface area contributed by atoms with Crippen LogP contribution in [0.15, 0.2) is 47.3 Å². The van der Waals surface area contributed by atoms with Crippen molar-refractivity contribution in [3.63, 3.8) is 0 Å². The monoisotopic (exact) mass is 347 g/mol. The molecule has 1 aromatic heterocycles. The molecular weight excluding hydrogens is 326 g/mol. The number of sulfone groups is 1. The molecule has 1 saturated carbocycles. The number of carbonyl (C=O) groups is 1. The largest absolute Gasteiger partial charge is 0.472 e. The molecule has 1 N–H and O–H groups in total. The molecule has 5 nitrogen and oxygen atoms in total. The third-order valence-electron chi connectivity index (χ3n) is 4.40. The minimum Gasteiger partial charge on any atom is -0.472 e. The first kappa shape index (κ1) is 16.8. The molecule has 0 unspecified atom stereocenters. The van der Waals surface area contributed by atoms with E-state index in [0.717, 1.165) is 32.1 Å². The molecule has 128 valence electrons. The van der Waals surface area contributed by atoms with Crippen molar-refractivity contribution < 1.29 is 17.6 Å². The second-order valence-corrected chi connectivity index (χ2v) is 8.51. The summed E-state index contributed by atoms with van der Waals surface area (Å²) in [5.74, 6) is -0.261. The van der Waals surface area contributed by atoms with Crippen molar-refractivity contribution in [3.8, 4) is 0 Å². The molecule has 0 spiro atoms. The van der Waals surface area contributed by atoms with E-state index in [1.54, 1.807) is 30.3 Å². The molecule has 24 heavy (non-hydrogen) atoms. The van der Waals surface area contributed by atoms with Crippen molar-refractivity contribution in [2.45, 2.75) is 43.1 Å². The summed E-state index contributed by atoms with van der Waals surface area (Å²) in [7, 11) is -3.15. The predicted molar refractivity (Wildman–Crippen MR) is 92.6 cm³/mol. The van der Waals surface area contributed by atoms with Gasteiger partial charge in [-0.3, -0.25) is 4.79 Å². The zero-order valence-electron chi connectivity index (χ0n) is 13.4. The smallest absolute Gasteiger partial charge is 0.258 e. The minimum absolute atomic E-state index is 0.0209. The van der Waals surface area contributed by atoms with E-state index in [0.29, 0.717) is 16.8 Å². The maximum Gasteiger partial charge on any atom is 0.258 e. The Morgan fingerprint density at radius 3 is 2.67 bits per heavy atom. The molecule has 1 aliphatic carbocycles. The van der Waals surface area contributed by atoms with Crippen molar-refractivity contribution in [1.29, 1.82) is 0 Å². The molecule has 0 atom stereocenters. The lowest BCUT2D eigenvalue weighted by molar-refractivity contribution is 0.102. The fraction of sp³-hybridized carbons (Fsp3) is 0.389. The van der Waals surface area contributed by atoms with E-state index in [4.69, 9.17) is 4.42 Å². The summed E-state index contributed by atoms with van der Waals surface area (Å²) in [5.41, 5.74) is 1.71. The van der Waals surface area contributed by atoms with Crippen LogP contribution in [0.25, 0.3) is 0 Å². The van der Waals surface area contributed by atoms with Gasteiger partial charge in [0.15, 0.2) is 9.84 Å². The van der Waals surface area contributed by atoms with Gasteiger partial charge in [0.1, 0.15) is 6.26 Å². The molecular formula is C18H21NO4S. The zero-order valence-corrected chi connectivity index (χ0v) is 14.2. The standard InChI is InChI=1S/C18H21NO4S/c20-18(15-9-10-23-12-15)19-16-6-4-5-14(11-16)13-24(21,22)17-7-2-1-3-8-17/h4-6,9-12,17H,1-3,7-8,13H2,(H,19,20). The molecule has 0 saturated heterocycles. The lowest BCUT2D eigenvalue weighted by atomic mass is 10.0. The van der Waals surface area contributed by atoms with E-state index in [-0.39, 0.29) is 16.9 Å². The van der Waals surface area contributed by atoms with E-state index in [9.17, 15) is 13.2 Å². The van der Waals surface area contributed by atoms with Crippen LogP contribution in [0.4, 0.5) is 5.69 Å². The van der Waals surface area contributed by atoms with Gasteiger partial charge in [-0.1, -0.05) is 31.4 Å². The molecule has 0 radical (unpaired) electrons. The zero-order chi connectivity index (χ0) is 17.0. The summed E-state index contributed by atoms with van der Waals surface area (Å²) in [6.07, 6.45) is 7.43. The van der Waals surface area contributed by atoms with Crippen LogP contribution in [0.1, 0.15) is 48.0 Å². The lowest BCUT2D eigenvalue weighted by Crippen LogP contribution is -2.25. The number of hydrogen-bond donors (Lipinski definition) is 1. The van der Waals surface area contributed by atoms with Crippen molar-refractivity contribution >= 4 is 21.4 Å². The number of rotatable bonds is 5. The fourth-order valence-corrected chi connectivity index (χ4v) is 5.04. The van der Waals surface area contributed by atoms with Gasteiger partial charge in [0, 0.05) is 5.69 Å². The van der Waals surface area contributed by atoms with Gasteiger partial charge in [0.2, 0.25) is 0 Å². The van der Waals surface area contributed by atoms with Gasteiger partial charge < -0.3 is 9.73 Å². The van der Waals surface area contributed by atoms with E-state index in [1.807, 2.05) is 0 Å². The Morgan fingerprint density at radius 1 is 1.17 bits per heavy atom. The van der Waals surface area contributed by atoms with E-state index in [1.165, 1.54) is 12.5 Å². The van der Waals surface area contributed by atoms with Gasteiger partial charge in [-0.05, 0) is 36.6 Å². The maximum atomic E-state index is 12.6. The first-order chi connectivity index (χ1) is 11.5. The molecule has 1 aliphatic rings. The van der Waals surface area contributed by atoms with Crippen LogP contribution in [0.2, 0.25) is 0 Å². The molecule has 1 amide bonds. The number of amides is 1. The van der Waals surface area contributed by atoms with Gasteiger partial charge in [-0.2, -0.15) is 0 Å². The summed E-state index contributed by atoms with van der Waals surface area (Å²) in [4.78, 5) is 12.0. The first-order valence-electron chi connectivity index (χ1n) is 8.19. The van der Waals surface area contributed by atoms with E-state index < -0.39 is 9.84 Å². The second-order valence-electron chi connectivity index (χ2n) is 6.23. The van der Waals surface area contributed by atoms with E-state index in [2.05, 4.69) is 5.32 Å². The predicted octanol–water partition coefficient (Wildman–Crippen LogP) is 3.78. The molecule has 2 aromatic rings. The number of anilines is 1. The molecule has 0 bridgehead atoms. The third kappa shape index (κ3) is 4.06. The summed E-state index contributed by atoms with van der Waals surface area (Å²) >= 11 is 0. The van der Waals surface area contributed by atoms with Crippen LogP contribution >= 0.6 is 0 Å². The normalized spacial score (nSPS) is 16.0. The summed E-state index contributed by atoms with van der Waals surface area (Å²) in [6, 6.07) is 8.59. The van der Waals surface area contributed by atoms with Crippen LogP contribution in [0, 0.1) is 0 Å². The Labute approximate surface area is 142 Å². The number of furan rings is 1. The van der Waals surface area contributed by atoms with Crippen molar-refractivity contribution in [3.05, 3.63) is 54.0 Å². The van der Waals surface area contributed by atoms with Crippen LogP contribution in [-0.2, 0) is 15.6 Å². The highest BCUT2D eigenvalue weighted by molar-refractivity contribution is 7.91. The van der Waals surface area contributed by atoms with Gasteiger partial charge in [-0.15, -0.1) is 0 Å². The van der Waals surface area contributed by atoms with Gasteiger partial charge in [0.25, 0.3) is 5.91 Å². The SMILES string of the molecule is O=C(Nc1cccc(CS(=O)(=O)C2CCCCC2)c1)c1ccoc1. The van der Waals surface area contributed by atoms with Gasteiger partial charge in [0.05, 0.1) is 22.8 Å². The van der Waals surface area contributed by atoms with Gasteiger partial charge >= 0.3 is 0 Å². The molecule has 1 aromatic carbocycles. The average Bonchev–Trinajstić information content (AvgIpc) is 3.10. The topological polar surface area (TPSA) is 76.4 Å². The number of carbonyl (C=O) groups excluding carboxylic acids is 1. The van der Waals surface area contributed by atoms with Crippen LogP contribution in [0.5, 0.6) is 0 Å². The minimum atomic E-state index is -3.15. The Balaban J connectivity index is 1.70. The third-order valence-corrected chi connectivity index (χ3v) is 6.62. The van der Waals surface area contributed by atoms with Crippen LogP contribution in [-0.4, -0.2) is 19.6 Å². The Morgan fingerprint density at radius 2 is 1.96 bits per heavy atom. The summed E-state index contributed by atoms with van der Waals surface area (Å²) < 4.78 is 30.0. The Kier molecular flexibility index (Phi) is 5.04. The summed E-state index contributed by atoms with van der Waals surface area (Å²) in [6.45, 7) is 0. The lowest BCUT2D eigenvalue weighted by Gasteiger charge is -2.21. The van der Waals surface area contributed by atoms with Crippen molar-refractivity contribution in [2.75, 3.05) is 5.32 Å². The quantitative estimate of drug-likeness (QED) is 0.893. The first-order valence-corrected chi connectivity index (χ1v) is 9.90. The van der Waals surface area contributed by atoms with E-state index >= 15 is 0 Å². The highest BCUT2D eigenvalue weighted by atomic mass is 32.2. The van der Waals surface area contributed by atoms with Crippen LogP contribution < -0.4 is 5.32 Å². The highest BCUT2D eigenvalue weighted by Crippen LogP contribution is 2.26. The highest BCUT2D eigenvalue weighted by Gasteiger charge is 2.27. The summed E-state index contributed by atoms with van der Waals surface area (Å²) in [5, 5.41) is 2.53. The maximum absolute atomic E-state index is 12.6. The molecule has 3 rings (SSSR count). The van der Waals surface area contributed by atoms with Crippen LogP contribution in [0.3, 0.4) is 0 Å². The second kappa shape index (κ2) is 7.21. The molecule has 1 fully saturated rings. The van der Waals surface area contributed by atoms with Crippen molar-refractivity contribution in [1.82, 2.24) is 0 Å². The number of hydrogen-bond acceptors (Lipinski definition) is 4. The molecule has 0 aliphatic heterocycles. The molecule has 6 heteroatoms. The fourth-order valence-electron chi connectivity index (χ4n) is 3.11. The number of benzene rings is 1. The van der Waals surface area contributed by atoms with Gasteiger partial charge in [-0.25, -0.2) is 8.42 Å². The number of nitrogens with one attached hydrogen (secondary N) is 1. The van der Waals surface area contributed by atoms with Crippen molar-refractivity contribution in [2.24, 2.45) is 0 Å². The Hall–Kier alpha value is -2.08.